The maximum Gasteiger partial charge on any atom is 0.167 e. The highest BCUT2D eigenvalue weighted by atomic mass is 79.9. The molecule has 2 aromatic carbocycles. The first-order valence-corrected chi connectivity index (χ1v) is 6.29. The molecule has 0 atom stereocenters. The quantitative estimate of drug-likeness (QED) is 0.775. The Kier molecular flexibility index (Phi) is 3.75. The first-order chi connectivity index (χ1) is 8.15. The van der Waals surface area contributed by atoms with Crippen molar-refractivity contribution in [1.82, 2.24) is 0 Å². The molecule has 2 rings (SSSR count). The number of rotatable bonds is 3. The number of aryl methyl sites for hydroxylation is 1. The molecule has 0 aromatic heterocycles. The van der Waals surface area contributed by atoms with Crippen LogP contribution >= 0.6 is 15.9 Å². The molecule has 0 aliphatic rings. The predicted octanol–water partition coefficient (Wildman–Crippen LogP) is 4.18. The van der Waals surface area contributed by atoms with Gasteiger partial charge in [-0.25, -0.2) is 0 Å². The van der Waals surface area contributed by atoms with Crippen molar-refractivity contribution in [2.45, 2.75) is 13.3 Å². The minimum atomic E-state index is 0.163. The van der Waals surface area contributed by atoms with Crippen LogP contribution in [0.3, 0.4) is 0 Å². The Morgan fingerprint density at radius 1 is 1.12 bits per heavy atom. The summed E-state index contributed by atoms with van der Waals surface area (Å²) in [4.78, 5) is 12.0. The van der Waals surface area contributed by atoms with Gasteiger partial charge in [-0.05, 0) is 30.7 Å². The maximum absolute atomic E-state index is 12.0. The summed E-state index contributed by atoms with van der Waals surface area (Å²) < 4.78 is 1.03. The molecule has 0 unspecified atom stereocenters. The lowest BCUT2D eigenvalue weighted by Crippen LogP contribution is -2.03. The number of halogens is 1. The van der Waals surface area contributed by atoms with Crippen LogP contribution in [-0.4, -0.2) is 5.78 Å². The molecule has 0 aliphatic heterocycles. The second-order valence-electron chi connectivity index (χ2n) is 4.10. The van der Waals surface area contributed by atoms with Gasteiger partial charge in [-0.15, -0.1) is 0 Å². The molecule has 0 amide bonds. The van der Waals surface area contributed by atoms with Gasteiger partial charge in [0, 0.05) is 16.5 Å². The molecule has 0 aliphatic carbocycles. The van der Waals surface area contributed by atoms with Gasteiger partial charge in [0.2, 0.25) is 0 Å². The minimum absolute atomic E-state index is 0.163. The average Bonchev–Trinajstić information content (AvgIpc) is 2.32. The highest BCUT2D eigenvalue weighted by Crippen LogP contribution is 2.13. The van der Waals surface area contributed by atoms with E-state index in [2.05, 4.69) is 15.9 Å². The summed E-state index contributed by atoms with van der Waals surface area (Å²) in [5.41, 5.74) is 2.94. The maximum atomic E-state index is 12.0. The predicted molar refractivity (Wildman–Crippen MR) is 73.4 cm³/mol. The Morgan fingerprint density at radius 2 is 1.82 bits per heavy atom. The third kappa shape index (κ3) is 3.27. The van der Waals surface area contributed by atoms with Crippen molar-refractivity contribution < 1.29 is 4.79 Å². The number of hydrogen-bond donors (Lipinski definition) is 0. The molecule has 0 fully saturated rings. The lowest BCUT2D eigenvalue weighted by atomic mass is 10.0. The Labute approximate surface area is 110 Å². The lowest BCUT2D eigenvalue weighted by Gasteiger charge is -2.03. The Morgan fingerprint density at radius 3 is 2.47 bits per heavy atom. The zero-order valence-electron chi connectivity index (χ0n) is 9.61. The van der Waals surface area contributed by atoms with Crippen molar-refractivity contribution >= 4 is 21.7 Å². The number of ketones is 1. The van der Waals surface area contributed by atoms with Crippen LogP contribution in [0.4, 0.5) is 0 Å². The molecular formula is C15H13BrO. The first kappa shape index (κ1) is 12.1. The van der Waals surface area contributed by atoms with Gasteiger partial charge in [0.1, 0.15) is 0 Å². The Bertz CT molecular complexity index is 529. The number of Topliss-reactive ketones (excluding diaryl/α,β-unsaturated/α-hetero) is 1. The van der Waals surface area contributed by atoms with E-state index in [1.165, 1.54) is 0 Å². The van der Waals surface area contributed by atoms with E-state index in [1.807, 2.05) is 55.5 Å². The molecule has 2 aromatic rings. The van der Waals surface area contributed by atoms with E-state index in [-0.39, 0.29) is 5.78 Å². The zero-order valence-corrected chi connectivity index (χ0v) is 11.2. The van der Waals surface area contributed by atoms with E-state index in [0.717, 1.165) is 21.2 Å². The van der Waals surface area contributed by atoms with Gasteiger partial charge in [0.15, 0.2) is 5.78 Å². The Hall–Kier alpha value is -1.41. The topological polar surface area (TPSA) is 17.1 Å². The molecule has 17 heavy (non-hydrogen) atoms. The van der Waals surface area contributed by atoms with E-state index < -0.39 is 0 Å². The summed E-state index contributed by atoms with van der Waals surface area (Å²) in [6.45, 7) is 2.00. The number of hydrogen-bond acceptors (Lipinski definition) is 1. The number of benzene rings is 2. The second-order valence-corrected chi connectivity index (χ2v) is 5.01. The third-order valence-electron chi connectivity index (χ3n) is 2.62. The van der Waals surface area contributed by atoms with Crippen molar-refractivity contribution in [3.05, 3.63) is 69.7 Å². The van der Waals surface area contributed by atoms with Gasteiger partial charge in [-0.1, -0.05) is 51.8 Å². The highest BCUT2D eigenvalue weighted by molar-refractivity contribution is 9.10. The number of carbonyl (C=O) groups excluding carboxylic acids is 1. The fraction of sp³-hybridized carbons (Fsp3) is 0.133. The fourth-order valence-electron chi connectivity index (χ4n) is 1.71. The van der Waals surface area contributed by atoms with Crippen LogP contribution in [0.1, 0.15) is 21.5 Å². The minimum Gasteiger partial charge on any atom is -0.294 e. The summed E-state index contributed by atoms with van der Waals surface area (Å²) in [5.74, 6) is 0.163. The molecule has 86 valence electrons. The number of carbonyl (C=O) groups is 1. The van der Waals surface area contributed by atoms with Crippen LogP contribution in [0.2, 0.25) is 0 Å². The molecule has 0 radical (unpaired) electrons. The summed E-state index contributed by atoms with van der Waals surface area (Å²) in [5, 5.41) is 0. The van der Waals surface area contributed by atoms with Gasteiger partial charge in [0.25, 0.3) is 0 Å². The standard InChI is InChI=1S/C15H13BrO/c1-11-3-2-4-13(9-11)15(17)10-12-5-7-14(16)8-6-12/h2-9H,10H2,1H3. The molecular weight excluding hydrogens is 276 g/mol. The van der Waals surface area contributed by atoms with Crippen LogP contribution in [0.5, 0.6) is 0 Å². The normalized spacial score (nSPS) is 10.2. The van der Waals surface area contributed by atoms with E-state index >= 15 is 0 Å². The van der Waals surface area contributed by atoms with Gasteiger partial charge >= 0.3 is 0 Å². The van der Waals surface area contributed by atoms with Crippen LogP contribution in [0, 0.1) is 6.92 Å². The van der Waals surface area contributed by atoms with E-state index in [4.69, 9.17) is 0 Å². The van der Waals surface area contributed by atoms with Crippen LogP contribution in [-0.2, 0) is 6.42 Å². The van der Waals surface area contributed by atoms with Crippen molar-refractivity contribution in [2.24, 2.45) is 0 Å². The average molecular weight is 289 g/mol. The smallest absolute Gasteiger partial charge is 0.167 e. The van der Waals surface area contributed by atoms with Gasteiger partial charge < -0.3 is 0 Å². The lowest BCUT2D eigenvalue weighted by molar-refractivity contribution is 0.0993. The van der Waals surface area contributed by atoms with E-state index in [1.54, 1.807) is 0 Å². The molecule has 0 saturated heterocycles. The van der Waals surface area contributed by atoms with Crippen molar-refractivity contribution in [2.75, 3.05) is 0 Å². The molecule has 0 heterocycles. The molecule has 2 heteroatoms. The highest BCUT2D eigenvalue weighted by Gasteiger charge is 2.06. The molecule has 0 saturated carbocycles. The fourth-order valence-corrected chi connectivity index (χ4v) is 1.97. The van der Waals surface area contributed by atoms with E-state index in [0.29, 0.717) is 6.42 Å². The van der Waals surface area contributed by atoms with Crippen molar-refractivity contribution in [1.29, 1.82) is 0 Å². The molecule has 0 N–H and O–H groups in total. The zero-order chi connectivity index (χ0) is 12.3. The molecule has 0 spiro atoms. The van der Waals surface area contributed by atoms with Crippen LogP contribution < -0.4 is 0 Å². The van der Waals surface area contributed by atoms with Crippen molar-refractivity contribution in [3.63, 3.8) is 0 Å². The van der Waals surface area contributed by atoms with Crippen LogP contribution in [0.15, 0.2) is 53.0 Å². The summed E-state index contributed by atoms with van der Waals surface area (Å²) in [7, 11) is 0. The summed E-state index contributed by atoms with van der Waals surface area (Å²) in [6, 6.07) is 15.6. The SMILES string of the molecule is Cc1cccc(C(=O)Cc2ccc(Br)cc2)c1. The molecule has 1 nitrogen and oxygen atoms in total. The monoisotopic (exact) mass is 288 g/mol. The van der Waals surface area contributed by atoms with Gasteiger partial charge in [-0.3, -0.25) is 4.79 Å². The second kappa shape index (κ2) is 5.28. The Balaban J connectivity index is 2.14. The molecule has 0 bridgehead atoms. The van der Waals surface area contributed by atoms with Gasteiger partial charge in [0.05, 0.1) is 0 Å². The van der Waals surface area contributed by atoms with Crippen molar-refractivity contribution in [3.8, 4) is 0 Å². The third-order valence-corrected chi connectivity index (χ3v) is 3.15. The van der Waals surface area contributed by atoms with Crippen LogP contribution in [0.25, 0.3) is 0 Å². The van der Waals surface area contributed by atoms with Gasteiger partial charge in [-0.2, -0.15) is 0 Å². The summed E-state index contributed by atoms with van der Waals surface area (Å²) in [6.07, 6.45) is 0.455. The largest absolute Gasteiger partial charge is 0.294 e. The summed E-state index contributed by atoms with van der Waals surface area (Å²) >= 11 is 3.38. The van der Waals surface area contributed by atoms with E-state index in [9.17, 15) is 4.79 Å². The first-order valence-electron chi connectivity index (χ1n) is 5.49.